The molecule has 0 aromatic carbocycles. The van der Waals surface area contributed by atoms with Crippen LogP contribution in [0, 0.1) is 5.82 Å². The molecule has 0 atom stereocenters. The van der Waals surface area contributed by atoms with E-state index in [9.17, 15) is 14.0 Å². The van der Waals surface area contributed by atoms with E-state index in [2.05, 4.69) is 25.6 Å². The minimum Gasteiger partial charge on any atom is -0.395 e. The Morgan fingerprint density at radius 1 is 1.26 bits per heavy atom. The number of aliphatic hydroxyl groups is 1. The largest absolute Gasteiger partial charge is 0.395 e. The summed E-state index contributed by atoms with van der Waals surface area (Å²) in [6, 6.07) is 3.44. The van der Waals surface area contributed by atoms with Gasteiger partial charge in [0, 0.05) is 37.9 Å². The third kappa shape index (κ3) is 4.78. The third-order valence-electron chi connectivity index (χ3n) is 5.14. The summed E-state index contributed by atoms with van der Waals surface area (Å²) in [7, 11) is 0. The average Bonchev–Trinajstić information content (AvgIpc) is 3.09. The van der Waals surface area contributed by atoms with Gasteiger partial charge in [-0.1, -0.05) is 6.07 Å². The number of amides is 2. The first-order chi connectivity index (χ1) is 15.0. The number of anilines is 1. The van der Waals surface area contributed by atoms with Crippen LogP contribution in [0.15, 0.2) is 18.3 Å². The van der Waals surface area contributed by atoms with Crippen molar-refractivity contribution in [3.05, 3.63) is 35.4 Å². The van der Waals surface area contributed by atoms with Crippen LogP contribution in [0.4, 0.5) is 10.3 Å². The van der Waals surface area contributed by atoms with Crippen molar-refractivity contribution in [1.82, 2.24) is 25.2 Å². The van der Waals surface area contributed by atoms with Crippen LogP contribution in [0.1, 0.15) is 28.9 Å². The molecule has 0 spiro atoms. The maximum absolute atomic E-state index is 14.5. The van der Waals surface area contributed by atoms with E-state index in [1.807, 2.05) is 0 Å². The van der Waals surface area contributed by atoms with Gasteiger partial charge in [0.2, 0.25) is 11.9 Å². The van der Waals surface area contributed by atoms with Crippen molar-refractivity contribution in [1.29, 1.82) is 0 Å². The molecular formula is C20H23FN6O4. The lowest BCUT2D eigenvalue weighted by atomic mass is 10.1. The number of nitrogens with zero attached hydrogens (tertiary/aromatic N) is 4. The summed E-state index contributed by atoms with van der Waals surface area (Å²) in [4.78, 5) is 38.5. The van der Waals surface area contributed by atoms with Crippen molar-refractivity contribution in [3.8, 4) is 11.4 Å². The van der Waals surface area contributed by atoms with Gasteiger partial charge in [-0.25, -0.2) is 19.3 Å². The van der Waals surface area contributed by atoms with Gasteiger partial charge in [0.25, 0.3) is 5.91 Å². The van der Waals surface area contributed by atoms with Gasteiger partial charge in [-0.15, -0.1) is 0 Å². The van der Waals surface area contributed by atoms with Crippen molar-refractivity contribution in [2.45, 2.75) is 25.4 Å². The van der Waals surface area contributed by atoms with Crippen LogP contribution in [-0.4, -0.2) is 75.7 Å². The molecular weight excluding hydrogens is 407 g/mol. The van der Waals surface area contributed by atoms with Crippen molar-refractivity contribution >= 4 is 17.8 Å². The molecule has 0 aliphatic carbocycles. The maximum Gasteiger partial charge on any atom is 0.273 e. The molecule has 0 radical (unpaired) electrons. The van der Waals surface area contributed by atoms with Gasteiger partial charge >= 0.3 is 0 Å². The number of carbonyl (C=O) groups excluding carboxylic acids is 2. The van der Waals surface area contributed by atoms with Gasteiger partial charge in [-0.3, -0.25) is 9.59 Å². The molecule has 3 N–H and O–H groups in total. The molecule has 11 heteroatoms. The van der Waals surface area contributed by atoms with Crippen LogP contribution in [0.25, 0.3) is 11.4 Å². The summed E-state index contributed by atoms with van der Waals surface area (Å²) in [6.07, 6.45) is 2.70. The van der Waals surface area contributed by atoms with E-state index in [0.29, 0.717) is 24.7 Å². The molecule has 0 saturated carbocycles. The predicted octanol–water partition coefficient (Wildman–Crippen LogP) is 0.333. The smallest absolute Gasteiger partial charge is 0.273 e. The van der Waals surface area contributed by atoms with Crippen molar-refractivity contribution < 1.29 is 23.8 Å². The Balaban J connectivity index is 1.51. The van der Waals surface area contributed by atoms with Gasteiger partial charge in [-0.2, -0.15) is 0 Å². The fraction of sp³-hybridized carbons (Fsp3) is 0.450. The van der Waals surface area contributed by atoms with Crippen molar-refractivity contribution in [3.63, 3.8) is 0 Å². The fourth-order valence-electron chi connectivity index (χ4n) is 3.55. The molecule has 1 saturated heterocycles. The van der Waals surface area contributed by atoms with Crippen LogP contribution in [-0.2, 0) is 16.1 Å². The zero-order chi connectivity index (χ0) is 21.8. The van der Waals surface area contributed by atoms with E-state index >= 15 is 0 Å². The average molecular weight is 430 g/mol. The van der Waals surface area contributed by atoms with E-state index < -0.39 is 11.7 Å². The molecule has 2 aliphatic heterocycles. The van der Waals surface area contributed by atoms with Crippen LogP contribution < -0.4 is 10.6 Å². The minimum atomic E-state index is -0.643. The number of hydrogen-bond donors (Lipinski definition) is 3. The number of hydrogen-bond acceptors (Lipinski definition) is 8. The molecule has 0 bridgehead atoms. The van der Waals surface area contributed by atoms with Gasteiger partial charge in [0.05, 0.1) is 18.5 Å². The topological polar surface area (TPSA) is 130 Å². The summed E-state index contributed by atoms with van der Waals surface area (Å²) in [5.74, 6) is -1.14. The molecule has 2 aromatic rings. The number of aromatic nitrogens is 3. The maximum atomic E-state index is 14.5. The van der Waals surface area contributed by atoms with E-state index in [1.54, 1.807) is 12.1 Å². The first kappa shape index (κ1) is 21.1. The minimum absolute atomic E-state index is 0.000650. The molecule has 31 heavy (non-hydrogen) atoms. The highest BCUT2D eigenvalue weighted by Gasteiger charge is 2.31. The summed E-state index contributed by atoms with van der Waals surface area (Å²) in [6.45, 7) is 1.32. The fourth-order valence-corrected chi connectivity index (χ4v) is 3.55. The molecule has 2 amide bonds. The summed E-state index contributed by atoms with van der Waals surface area (Å²) < 4.78 is 19.8. The normalized spacial score (nSPS) is 16.3. The Morgan fingerprint density at radius 2 is 2.06 bits per heavy atom. The number of nitrogens with one attached hydrogen (secondary N) is 2. The molecule has 164 valence electrons. The van der Waals surface area contributed by atoms with Crippen LogP contribution in [0.2, 0.25) is 0 Å². The third-order valence-corrected chi connectivity index (χ3v) is 5.14. The van der Waals surface area contributed by atoms with E-state index in [0.717, 1.165) is 19.0 Å². The highest BCUT2D eigenvalue weighted by molar-refractivity contribution is 5.99. The second-order valence-electron chi connectivity index (χ2n) is 7.36. The molecule has 2 aliphatic rings. The Morgan fingerprint density at radius 3 is 2.84 bits per heavy atom. The zero-order valence-electron chi connectivity index (χ0n) is 16.8. The van der Waals surface area contributed by atoms with Gasteiger partial charge < -0.3 is 25.4 Å². The lowest BCUT2D eigenvalue weighted by Crippen LogP contribution is -2.38. The number of fused-ring (bicyclic) bond motifs is 1. The lowest BCUT2D eigenvalue weighted by Gasteiger charge is -2.23. The number of aliphatic hydroxyl groups excluding tert-OH is 1. The quantitative estimate of drug-likeness (QED) is 0.573. The van der Waals surface area contributed by atoms with Crippen LogP contribution in [0.3, 0.4) is 0 Å². The summed E-state index contributed by atoms with van der Waals surface area (Å²) in [5.41, 5.74) is 1.04. The van der Waals surface area contributed by atoms with Gasteiger partial charge in [0.15, 0.2) is 5.82 Å². The molecule has 2 aromatic heterocycles. The Bertz CT molecular complexity index is 982. The molecule has 1 fully saturated rings. The monoisotopic (exact) mass is 430 g/mol. The number of rotatable bonds is 7. The predicted molar refractivity (Wildman–Crippen MR) is 108 cm³/mol. The Kier molecular flexibility index (Phi) is 6.33. The summed E-state index contributed by atoms with van der Waals surface area (Å²) >= 11 is 0. The molecule has 4 heterocycles. The zero-order valence-corrected chi connectivity index (χ0v) is 16.8. The number of carbonyl (C=O) groups is 2. The first-order valence-corrected chi connectivity index (χ1v) is 10.1. The second-order valence-corrected chi connectivity index (χ2v) is 7.36. The first-order valence-electron chi connectivity index (χ1n) is 10.1. The van der Waals surface area contributed by atoms with E-state index in [-0.39, 0.29) is 55.3 Å². The van der Waals surface area contributed by atoms with Gasteiger partial charge in [0.1, 0.15) is 17.9 Å². The van der Waals surface area contributed by atoms with Crippen LogP contribution in [0.5, 0.6) is 0 Å². The van der Waals surface area contributed by atoms with E-state index in [4.69, 9.17) is 9.84 Å². The molecule has 10 nitrogen and oxygen atoms in total. The molecule has 4 rings (SSSR count). The van der Waals surface area contributed by atoms with Crippen molar-refractivity contribution in [2.75, 3.05) is 38.2 Å². The highest BCUT2D eigenvalue weighted by atomic mass is 19.1. The molecule has 0 unspecified atom stereocenters. The second kappa shape index (κ2) is 9.31. The number of halogens is 1. The van der Waals surface area contributed by atoms with Crippen LogP contribution >= 0.6 is 0 Å². The Labute approximate surface area is 177 Å². The number of pyridine rings is 1. The Hall–Kier alpha value is -3.18. The number of ether oxygens (including phenoxy) is 1. The highest BCUT2D eigenvalue weighted by Crippen LogP contribution is 2.26. The van der Waals surface area contributed by atoms with Crippen molar-refractivity contribution in [2.24, 2.45) is 0 Å². The summed E-state index contributed by atoms with van der Waals surface area (Å²) in [5, 5.41) is 14.5. The lowest BCUT2D eigenvalue weighted by molar-refractivity contribution is -0.121. The standard InChI is InChI=1S/C20H23FN6O4/c21-14-9-23-20(24-13-3-7-31-8-4-13)26-18(14)15-2-1-12-10-27(19(30)17(12)25-15)11-16(29)22-5-6-28/h1-2,9,13,28H,3-8,10-11H2,(H,22,29)(H,23,24,26). The SMILES string of the molecule is O=C(CN1Cc2ccc(-c3nc(NC4CCOCC4)ncc3F)nc2C1=O)NCCO. The van der Waals surface area contributed by atoms with Gasteiger partial charge in [-0.05, 0) is 18.9 Å². The van der Waals surface area contributed by atoms with E-state index in [1.165, 1.54) is 4.90 Å².